The molecule has 1 amide bonds. The lowest BCUT2D eigenvalue weighted by Gasteiger charge is -2.34. The van der Waals surface area contributed by atoms with Gasteiger partial charge >= 0.3 is 0 Å². The summed E-state index contributed by atoms with van der Waals surface area (Å²) in [5.74, 6) is 0.163. The van der Waals surface area contributed by atoms with Crippen LogP contribution in [0.15, 0.2) is 24.4 Å². The number of hydrogen-bond donors (Lipinski definition) is 3. The molecular weight excluding hydrogens is 432 g/mol. The molecule has 4 radical (unpaired) electrons. The fourth-order valence-electron chi connectivity index (χ4n) is 4.75. The molecule has 13 heteroatoms. The zero-order valence-corrected chi connectivity index (χ0v) is 18.7. The molecule has 4 aromatic rings. The Labute approximate surface area is 197 Å². The lowest BCUT2D eigenvalue weighted by Crippen LogP contribution is -2.46. The average molecular weight is 453 g/mol. The highest BCUT2D eigenvalue weighted by molar-refractivity contribution is 6.39. The summed E-state index contributed by atoms with van der Waals surface area (Å²) in [7, 11) is 16.6. The molecule has 34 heavy (non-hydrogen) atoms. The maximum Gasteiger partial charge on any atom is 0.271 e. The molecule has 11 nitrogen and oxygen atoms in total. The van der Waals surface area contributed by atoms with Crippen molar-refractivity contribution in [2.75, 3.05) is 17.7 Å². The first kappa shape index (κ1) is 21.0. The van der Waals surface area contributed by atoms with Crippen molar-refractivity contribution in [3.05, 3.63) is 35.7 Å². The predicted molar refractivity (Wildman–Crippen MR) is 127 cm³/mol. The largest absolute Gasteiger partial charge is 0.385 e. The number of nitrogens with zero attached hydrogens (tertiary/aromatic N) is 6. The molecule has 3 aromatic heterocycles. The Morgan fingerprint density at radius 2 is 2.12 bits per heavy atom. The van der Waals surface area contributed by atoms with Crippen LogP contribution in [0, 0.1) is 0 Å². The van der Waals surface area contributed by atoms with Gasteiger partial charge in [0.1, 0.15) is 21.2 Å². The van der Waals surface area contributed by atoms with Crippen LogP contribution in [0.25, 0.3) is 16.7 Å². The first-order chi connectivity index (χ1) is 16.3. The number of hydrogen-bond acceptors (Lipinski definition) is 8. The number of carbonyl (C=O) groups excluding carboxylic acids is 1. The highest BCUT2D eigenvalue weighted by Crippen LogP contribution is 2.34. The Morgan fingerprint density at radius 3 is 2.94 bits per heavy atom. The lowest BCUT2D eigenvalue weighted by atomic mass is 9.61. The van der Waals surface area contributed by atoms with Crippen LogP contribution in [0.1, 0.15) is 35.3 Å². The SMILES string of the molecule is [B]C1([B])O[C@@H]2CCC[C@H]2NC(=O)c2cnc3c(NC)cc(nn23)Nc2cc1cc1c2nnn1C. The van der Waals surface area contributed by atoms with Gasteiger partial charge in [-0.25, -0.2) is 14.2 Å². The minimum Gasteiger partial charge on any atom is -0.385 e. The molecule has 1 aliphatic heterocycles. The van der Waals surface area contributed by atoms with Crippen molar-refractivity contribution in [3.8, 4) is 0 Å². The summed E-state index contributed by atoms with van der Waals surface area (Å²) in [5.41, 5.74) is 4.03. The zero-order valence-electron chi connectivity index (χ0n) is 18.7. The number of aromatic nitrogens is 6. The second-order valence-electron chi connectivity index (χ2n) is 8.76. The summed E-state index contributed by atoms with van der Waals surface area (Å²) in [5, 5.41) is 20.9. The van der Waals surface area contributed by atoms with Gasteiger partial charge in [0.25, 0.3) is 5.91 Å². The van der Waals surface area contributed by atoms with Crippen LogP contribution in [0.3, 0.4) is 0 Å². The molecule has 1 aromatic carbocycles. The highest BCUT2D eigenvalue weighted by Gasteiger charge is 2.36. The molecule has 6 rings (SSSR count). The molecule has 0 saturated heterocycles. The van der Waals surface area contributed by atoms with E-state index in [1.807, 2.05) is 6.07 Å². The molecule has 1 fully saturated rings. The van der Waals surface area contributed by atoms with Gasteiger partial charge in [-0.15, -0.1) is 10.2 Å². The van der Waals surface area contributed by atoms with Crippen LogP contribution in [-0.4, -0.2) is 70.4 Å². The minimum atomic E-state index is -1.60. The smallest absolute Gasteiger partial charge is 0.271 e. The van der Waals surface area contributed by atoms with Gasteiger partial charge in [0.05, 0.1) is 35.2 Å². The van der Waals surface area contributed by atoms with Gasteiger partial charge in [-0.1, -0.05) is 5.21 Å². The Bertz CT molecular complexity index is 1450. The van der Waals surface area contributed by atoms with Crippen LogP contribution in [0.2, 0.25) is 0 Å². The third-order valence-electron chi connectivity index (χ3n) is 6.52. The first-order valence-electron chi connectivity index (χ1n) is 11.1. The molecular formula is C21H21B2N9O2. The van der Waals surface area contributed by atoms with Crippen molar-refractivity contribution in [1.29, 1.82) is 0 Å². The number of rotatable bonds is 1. The fourth-order valence-corrected chi connectivity index (χ4v) is 4.75. The van der Waals surface area contributed by atoms with E-state index in [0.717, 1.165) is 24.8 Å². The van der Waals surface area contributed by atoms with Crippen LogP contribution in [-0.2, 0) is 17.2 Å². The van der Waals surface area contributed by atoms with Gasteiger partial charge in [-0.05, 0) is 37.0 Å². The van der Waals surface area contributed by atoms with Gasteiger partial charge in [-0.3, -0.25) is 4.79 Å². The Morgan fingerprint density at radius 1 is 1.26 bits per heavy atom. The van der Waals surface area contributed by atoms with Crippen molar-refractivity contribution in [3.63, 3.8) is 0 Å². The Hall–Kier alpha value is -3.60. The topological polar surface area (TPSA) is 123 Å². The normalized spacial score (nSPS) is 21.8. The quantitative estimate of drug-likeness (QED) is 0.364. The minimum absolute atomic E-state index is 0.251. The second kappa shape index (κ2) is 7.45. The number of amides is 1. The monoisotopic (exact) mass is 453 g/mol. The Balaban J connectivity index is 1.60. The molecule has 1 aliphatic carbocycles. The number of ether oxygens (including phenoxy) is 1. The van der Waals surface area contributed by atoms with Crippen LogP contribution in [0.4, 0.5) is 17.2 Å². The van der Waals surface area contributed by atoms with Gasteiger partial charge in [0, 0.05) is 25.6 Å². The molecule has 3 N–H and O–H groups in total. The van der Waals surface area contributed by atoms with E-state index in [1.54, 1.807) is 30.9 Å². The molecule has 2 aliphatic rings. The number of anilines is 3. The standard InChI is InChI=1S/C21H21B2N9O2/c1-24-13-8-17-26-12-6-10(7-14-18(12)28-30-31(14)2)21(22,23)34-16-5-3-4-11(16)27-20(33)15-9-25-19(13)32(15)29-17/h6-9,11,16,24H,3-5H2,1-2H3,(H,26,29)(H,27,33)/t11-,16-/m1/s1. The number of carbonyl (C=O) groups is 1. The van der Waals surface area contributed by atoms with E-state index in [-0.39, 0.29) is 18.1 Å². The van der Waals surface area contributed by atoms with Gasteiger partial charge in [0.15, 0.2) is 17.2 Å². The molecule has 1 saturated carbocycles. The fraction of sp³-hybridized carbons (Fsp3) is 0.381. The van der Waals surface area contributed by atoms with E-state index in [0.29, 0.717) is 39.6 Å². The number of aryl methyl sites for hydroxylation is 1. The maximum absolute atomic E-state index is 13.2. The second-order valence-corrected chi connectivity index (χ2v) is 8.76. The summed E-state index contributed by atoms with van der Waals surface area (Å²) in [6.45, 7) is 0. The molecule has 0 spiro atoms. The van der Waals surface area contributed by atoms with Crippen LogP contribution >= 0.6 is 0 Å². The number of nitrogens with one attached hydrogen (secondary N) is 3. The maximum atomic E-state index is 13.2. The van der Waals surface area contributed by atoms with Gasteiger partial charge in [-0.2, -0.15) is 0 Å². The van der Waals surface area contributed by atoms with E-state index in [2.05, 4.69) is 36.3 Å². The third-order valence-corrected chi connectivity index (χ3v) is 6.52. The van der Waals surface area contributed by atoms with Crippen LogP contribution < -0.4 is 16.0 Å². The number of benzene rings is 1. The molecule has 2 atom stereocenters. The number of imidazole rings is 1. The highest BCUT2D eigenvalue weighted by atomic mass is 16.5. The van der Waals surface area contributed by atoms with E-state index in [9.17, 15) is 4.79 Å². The molecule has 0 unspecified atom stereocenters. The summed E-state index contributed by atoms with van der Waals surface area (Å²) < 4.78 is 9.38. The van der Waals surface area contributed by atoms with E-state index < -0.39 is 5.40 Å². The van der Waals surface area contributed by atoms with Crippen molar-refractivity contribution >= 4 is 55.5 Å². The predicted octanol–water partition coefficient (Wildman–Crippen LogP) is 0.925. The van der Waals surface area contributed by atoms with Gasteiger partial charge in [0.2, 0.25) is 0 Å². The third kappa shape index (κ3) is 3.22. The molecule has 4 heterocycles. The van der Waals surface area contributed by atoms with E-state index in [1.165, 1.54) is 10.7 Å². The van der Waals surface area contributed by atoms with Crippen molar-refractivity contribution in [2.45, 2.75) is 36.8 Å². The van der Waals surface area contributed by atoms with Gasteiger partial charge < -0.3 is 20.7 Å². The van der Waals surface area contributed by atoms with Crippen molar-refractivity contribution in [1.82, 2.24) is 34.9 Å². The summed E-state index contributed by atoms with van der Waals surface area (Å²) in [6, 6.07) is 5.16. The van der Waals surface area contributed by atoms with Crippen LogP contribution in [0.5, 0.6) is 0 Å². The summed E-state index contributed by atoms with van der Waals surface area (Å²) in [4.78, 5) is 17.6. The van der Waals surface area contributed by atoms with Crippen molar-refractivity contribution in [2.24, 2.45) is 7.05 Å². The molecule has 168 valence electrons. The molecule has 4 bridgehead atoms. The van der Waals surface area contributed by atoms with E-state index in [4.69, 9.17) is 20.4 Å². The lowest BCUT2D eigenvalue weighted by molar-refractivity contribution is -0.00594. The summed E-state index contributed by atoms with van der Waals surface area (Å²) in [6.07, 6.45) is 3.51. The van der Waals surface area contributed by atoms with E-state index >= 15 is 0 Å². The summed E-state index contributed by atoms with van der Waals surface area (Å²) >= 11 is 0. The Kier molecular flexibility index (Phi) is 4.60. The average Bonchev–Trinajstić information content (AvgIpc) is 3.52. The number of fused-ring (bicyclic) bond motifs is 6. The van der Waals surface area contributed by atoms with Crippen molar-refractivity contribution < 1.29 is 9.53 Å². The zero-order chi connectivity index (χ0) is 23.6. The first-order valence-corrected chi connectivity index (χ1v) is 11.1.